The normalized spacial score (nSPS) is 25.4. The fourth-order valence-corrected chi connectivity index (χ4v) is 3.83. The number of hydrogen-bond acceptors (Lipinski definition) is 6. The Labute approximate surface area is 203 Å². The standard InChI is InChI=1S/C26H30F3NO5/c1-5-33-23-22(31-3)17(2)34-25(24(23)32-4)35-30-16-20-10-8-18(9-11-20)6-7-19-12-14-21(15-13-19)26(27,28)29/h6-17,22-25H,5H2,1-4H3/b7-6+,30-16?/t17-,22-,23+,24+,25-/m0/s1. The Hall–Kier alpha value is -2.72. The van der Waals surface area contributed by atoms with Gasteiger partial charge in [-0.2, -0.15) is 13.2 Å². The first-order chi connectivity index (χ1) is 16.8. The second-order valence-electron chi connectivity index (χ2n) is 7.99. The maximum absolute atomic E-state index is 12.7. The zero-order chi connectivity index (χ0) is 25.4. The molecule has 1 aliphatic heterocycles. The number of alkyl halides is 3. The molecule has 0 saturated carbocycles. The number of ether oxygens (including phenoxy) is 4. The van der Waals surface area contributed by atoms with Gasteiger partial charge < -0.3 is 23.8 Å². The van der Waals surface area contributed by atoms with E-state index in [4.69, 9.17) is 23.8 Å². The number of nitrogens with zero attached hydrogens (tertiary/aromatic N) is 1. The largest absolute Gasteiger partial charge is 0.416 e. The highest BCUT2D eigenvalue weighted by atomic mass is 19.4. The summed E-state index contributed by atoms with van der Waals surface area (Å²) in [6, 6.07) is 12.4. The van der Waals surface area contributed by atoms with Crippen molar-refractivity contribution in [1.29, 1.82) is 0 Å². The highest BCUT2D eigenvalue weighted by Gasteiger charge is 2.47. The molecule has 1 fully saturated rings. The molecule has 0 spiro atoms. The molecule has 0 radical (unpaired) electrons. The zero-order valence-electron chi connectivity index (χ0n) is 20.1. The van der Waals surface area contributed by atoms with Crippen molar-refractivity contribution in [3.63, 3.8) is 0 Å². The van der Waals surface area contributed by atoms with E-state index in [0.29, 0.717) is 12.2 Å². The molecule has 1 saturated heterocycles. The van der Waals surface area contributed by atoms with E-state index in [9.17, 15) is 13.2 Å². The van der Waals surface area contributed by atoms with Gasteiger partial charge in [0.25, 0.3) is 6.29 Å². The van der Waals surface area contributed by atoms with E-state index in [1.165, 1.54) is 12.1 Å². The summed E-state index contributed by atoms with van der Waals surface area (Å²) in [6.07, 6.45) is -1.44. The molecule has 190 valence electrons. The van der Waals surface area contributed by atoms with Crippen LogP contribution in [0.1, 0.15) is 36.1 Å². The van der Waals surface area contributed by atoms with Gasteiger partial charge in [0.15, 0.2) is 6.10 Å². The first kappa shape index (κ1) is 26.9. The molecule has 35 heavy (non-hydrogen) atoms. The number of benzene rings is 2. The van der Waals surface area contributed by atoms with Gasteiger partial charge >= 0.3 is 6.18 Å². The summed E-state index contributed by atoms with van der Waals surface area (Å²) < 4.78 is 60.8. The predicted molar refractivity (Wildman–Crippen MR) is 127 cm³/mol. The Balaban J connectivity index is 1.59. The molecule has 3 rings (SSSR count). The Morgan fingerprint density at radius 3 is 1.91 bits per heavy atom. The Morgan fingerprint density at radius 2 is 1.40 bits per heavy atom. The van der Waals surface area contributed by atoms with Crippen molar-refractivity contribution >= 4 is 18.4 Å². The number of rotatable bonds is 9. The summed E-state index contributed by atoms with van der Waals surface area (Å²) in [6.45, 7) is 4.27. The van der Waals surface area contributed by atoms with Gasteiger partial charge in [0.1, 0.15) is 12.2 Å². The minimum atomic E-state index is -4.34. The first-order valence-electron chi connectivity index (χ1n) is 11.2. The van der Waals surface area contributed by atoms with Crippen LogP contribution in [0.25, 0.3) is 12.2 Å². The Kier molecular flexibility index (Phi) is 9.45. The summed E-state index contributed by atoms with van der Waals surface area (Å²) in [5.41, 5.74) is 1.69. The van der Waals surface area contributed by atoms with Crippen LogP contribution in [0, 0.1) is 0 Å². The van der Waals surface area contributed by atoms with Crippen molar-refractivity contribution in [2.45, 2.75) is 50.7 Å². The third kappa shape index (κ3) is 7.14. The van der Waals surface area contributed by atoms with Crippen LogP contribution in [0.4, 0.5) is 13.2 Å². The number of hydrogen-bond donors (Lipinski definition) is 0. The molecule has 0 bridgehead atoms. The van der Waals surface area contributed by atoms with E-state index >= 15 is 0 Å². The fourth-order valence-electron chi connectivity index (χ4n) is 3.83. The second kappa shape index (κ2) is 12.3. The average Bonchev–Trinajstić information content (AvgIpc) is 2.83. The quantitative estimate of drug-likeness (QED) is 0.266. The predicted octanol–water partition coefficient (Wildman–Crippen LogP) is 5.41. The molecule has 0 unspecified atom stereocenters. The van der Waals surface area contributed by atoms with E-state index in [0.717, 1.165) is 23.3 Å². The van der Waals surface area contributed by atoms with E-state index in [1.54, 1.807) is 26.5 Å². The van der Waals surface area contributed by atoms with Gasteiger partial charge in [-0.25, -0.2) is 0 Å². The third-order valence-corrected chi connectivity index (χ3v) is 5.64. The van der Waals surface area contributed by atoms with Gasteiger partial charge in [0, 0.05) is 20.8 Å². The lowest BCUT2D eigenvalue weighted by atomic mass is 9.99. The lowest BCUT2D eigenvalue weighted by molar-refractivity contribution is -0.308. The van der Waals surface area contributed by atoms with E-state index in [2.05, 4.69) is 5.16 Å². The minimum Gasteiger partial charge on any atom is -0.376 e. The Morgan fingerprint density at radius 1 is 0.857 bits per heavy atom. The highest BCUT2D eigenvalue weighted by molar-refractivity contribution is 5.80. The van der Waals surface area contributed by atoms with Crippen LogP contribution < -0.4 is 0 Å². The van der Waals surface area contributed by atoms with Gasteiger partial charge in [-0.15, -0.1) is 0 Å². The van der Waals surface area contributed by atoms with Gasteiger partial charge in [-0.3, -0.25) is 0 Å². The minimum absolute atomic E-state index is 0.279. The van der Waals surface area contributed by atoms with Crippen LogP contribution in [0.3, 0.4) is 0 Å². The van der Waals surface area contributed by atoms with E-state index < -0.39 is 24.1 Å². The average molecular weight is 494 g/mol. The summed E-state index contributed by atoms with van der Waals surface area (Å²) in [5, 5.41) is 4.06. The van der Waals surface area contributed by atoms with E-state index in [-0.39, 0.29) is 18.3 Å². The molecule has 1 heterocycles. The van der Waals surface area contributed by atoms with Crippen molar-refractivity contribution in [3.8, 4) is 0 Å². The van der Waals surface area contributed by atoms with Crippen molar-refractivity contribution in [1.82, 2.24) is 0 Å². The van der Waals surface area contributed by atoms with Crippen LogP contribution >= 0.6 is 0 Å². The van der Waals surface area contributed by atoms with Crippen LogP contribution in [-0.2, 0) is 30.0 Å². The van der Waals surface area contributed by atoms with Crippen molar-refractivity contribution < 1.29 is 37.0 Å². The molecule has 0 aliphatic carbocycles. The molecular weight excluding hydrogens is 463 g/mol. The lowest BCUT2D eigenvalue weighted by Gasteiger charge is -2.42. The molecule has 0 amide bonds. The highest BCUT2D eigenvalue weighted by Crippen LogP contribution is 2.30. The SMILES string of the molecule is CCO[C@@H]1[C@@H](OC)[C@H](C)O[C@@H](ON=Cc2ccc(/C=C/c3ccc(C(F)(F)F)cc3)cc2)[C@@H]1OC. The van der Waals surface area contributed by atoms with Crippen molar-refractivity contribution in [2.24, 2.45) is 5.16 Å². The maximum atomic E-state index is 12.7. The van der Waals surface area contributed by atoms with Gasteiger partial charge in [-0.05, 0) is 42.7 Å². The zero-order valence-corrected chi connectivity index (χ0v) is 20.1. The maximum Gasteiger partial charge on any atom is 0.416 e. The topological polar surface area (TPSA) is 58.5 Å². The molecular formula is C26H30F3NO5. The number of oxime groups is 1. The van der Waals surface area contributed by atoms with Gasteiger partial charge in [-0.1, -0.05) is 53.7 Å². The van der Waals surface area contributed by atoms with Crippen LogP contribution in [0.15, 0.2) is 53.7 Å². The van der Waals surface area contributed by atoms with E-state index in [1.807, 2.05) is 44.2 Å². The van der Waals surface area contributed by atoms with Crippen LogP contribution in [-0.4, -0.2) is 57.7 Å². The van der Waals surface area contributed by atoms with Crippen LogP contribution in [0.5, 0.6) is 0 Å². The summed E-state index contributed by atoms with van der Waals surface area (Å²) in [7, 11) is 3.16. The molecule has 2 aromatic rings. The first-order valence-corrected chi connectivity index (χ1v) is 11.2. The monoisotopic (exact) mass is 493 g/mol. The molecule has 9 heteroatoms. The van der Waals surface area contributed by atoms with Gasteiger partial charge in [0.2, 0.25) is 0 Å². The molecule has 1 aliphatic rings. The fraction of sp³-hybridized carbons (Fsp3) is 0.423. The van der Waals surface area contributed by atoms with Crippen molar-refractivity contribution in [3.05, 3.63) is 70.8 Å². The number of methoxy groups -OCH3 is 2. The summed E-state index contributed by atoms with van der Waals surface area (Å²) in [5.74, 6) is 0. The third-order valence-electron chi connectivity index (χ3n) is 5.64. The Bertz CT molecular complexity index is 976. The summed E-state index contributed by atoms with van der Waals surface area (Å²) in [4.78, 5) is 5.59. The van der Waals surface area contributed by atoms with Crippen LogP contribution in [0.2, 0.25) is 0 Å². The molecule has 0 N–H and O–H groups in total. The molecule has 0 aromatic heterocycles. The second-order valence-corrected chi connectivity index (χ2v) is 7.99. The van der Waals surface area contributed by atoms with Gasteiger partial charge in [0.05, 0.1) is 17.9 Å². The van der Waals surface area contributed by atoms with Crippen molar-refractivity contribution in [2.75, 3.05) is 20.8 Å². The molecule has 2 aromatic carbocycles. The molecule has 5 atom stereocenters. The molecule has 6 nitrogen and oxygen atoms in total. The summed E-state index contributed by atoms with van der Waals surface area (Å²) >= 11 is 0. The smallest absolute Gasteiger partial charge is 0.376 e. The lowest BCUT2D eigenvalue weighted by Crippen LogP contribution is -2.59. The number of halogens is 3.